The van der Waals surface area contributed by atoms with Crippen LogP contribution in [-0.2, 0) is 9.84 Å². The number of rotatable bonds is 5. The number of nitrogens with one attached hydrogen (secondary N) is 1. The molecule has 1 heterocycles. The average Bonchev–Trinajstić information content (AvgIpc) is 2.99. The van der Waals surface area contributed by atoms with Crippen LogP contribution in [0.1, 0.15) is 36.3 Å². The first-order valence-corrected chi connectivity index (χ1v) is 8.28. The highest BCUT2D eigenvalue weighted by Gasteiger charge is 2.28. The number of hydrogen-bond donors (Lipinski definition) is 2. The topological polar surface area (TPSA) is 94.2 Å². The van der Waals surface area contributed by atoms with E-state index >= 15 is 0 Å². The fourth-order valence-corrected chi connectivity index (χ4v) is 3.12. The number of hydrogen-bond acceptors (Lipinski definition) is 4. The minimum atomic E-state index is -3.11. The van der Waals surface area contributed by atoms with Crippen LogP contribution in [0.3, 0.4) is 0 Å². The summed E-state index contributed by atoms with van der Waals surface area (Å²) in [4.78, 5) is 12.1. The summed E-state index contributed by atoms with van der Waals surface area (Å²) in [5.41, 5.74) is 6.77. The number of carbonyl (C=O) groups excluding carboxylic acids is 1. The van der Waals surface area contributed by atoms with Gasteiger partial charge in [0.15, 0.2) is 0 Å². The van der Waals surface area contributed by atoms with Crippen LogP contribution < -0.4 is 11.1 Å². The van der Waals surface area contributed by atoms with Crippen molar-refractivity contribution in [2.75, 3.05) is 17.7 Å². The lowest BCUT2D eigenvalue weighted by Crippen LogP contribution is -2.38. The van der Waals surface area contributed by atoms with Crippen LogP contribution in [0.15, 0.2) is 12.3 Å². The van der Waals surface area contributed by atoms with Gasteiger partial charge >= 0.3 is 0 Å². The Balaban J connectivity index is 2.07. The van der Waals surface area contributed by atoms with Gasteiger partial charge in [-0.15, -0.1) is 0 Å². The highest BCUT2D eigenvalue weighted by Crippen LogP contribution is 2.37. The van der Waals surface area contributed by atoms with E-state index in [1.807, 2.05) is 4.57 Å². The molecule has 19 heavy (non-hydrogen) atoms. The van der Waals surface area contributed by atoms with Crippen LogP contribution in [0.5, 0.6) is 0 Å². The van der Waals surface area contributed by atoms with Crippen molar-refractivity contribution in [1.29, 1.82) is 0 Å². The summed E-state index contributed by atoms with van der Waals surface area (Å²) >= 11 is 0. The Morgan fingerprint density at radius 2 is 2.21 bits per heavy atom. The number of nitrogen functional groups attached to an aromatic ring is 1. The van der Waals surface area contributed by atoms with E-state index < -0.39 is 15.9 Å². The second kappa shape index (κ2) is 4.88. The van der Waals surface area contributed by atoms with Crippen molar-refractivity contribution in [3.8, 4) is 0 Å². The fourth-order valence-electron chi connectivity index (χ4n) is 2.13. The molecule has 1 saturated carbocycles. The molecule has 0 radical (unpaired) electrons. The van der Waals surface area contributed by atoms with Gasteiger partial charge in [-0.05, 0) is 25.8 Å². The molecule has 7 heteroatoms. The molecular formula is C12H19N3O3S. The standard InChI is InChI=1S/C12H19N3O3S/c1-8(7-19(2,17)18)14-12(16)11-5-9(13)6-15(11)10-3-4-10/h5-6,8,10H,3-4,7,13H2,1-2H3,(H,14,16). The lowest BCUT2D eigenvalue weighted by molar-refractivity contribution is 0.0934. The molecule has 0 saturated heterocycles. The van der Waals surface area contributed by atoms with Crippen LogP contribution in [0.4, 0.5) is 5.69 Å². The van der Waals surface area contributed by atoms with E-state index in [0.717, 1.165) is 19.1 Å². The number of anilines is 1. The molecule has 1 amide bonds. The van der Waals surface area contributed by atoms with Gasteiger partial charge in [-0.3, -0.25) is 4.79 Å². The normalized spacial score (nSPS) is 17.2. The summed E-state index contributed by atoms with van der Waals surface area (Å²) in [5, 5.41) is 2.69. The molecule has 1 atom stereocenters. The summed E-state index contributed by atoms with van der Waals surface area (Å²) in [5.74, 6) is -0.349. The van der Waals surface area contributed by atoms with E-state index in [-0.39, 0.29) is 11.7 Å². The summed E-state index contributed by atoms with van der Waals surface area (Å²) in [7, 11) is -3.11. The Bertz CT molecular complexity index is 587. The molecule has 0 bridgehead atoms. The Kier molecular flexibility index (Phi) is 3.58. The largest absolute Gasteiger partial charge is 0.397 e. The number of amides is 1. The van der Waals surface area contributed by atoms with Gasteiger partial charge in [0.05, 0.1) is 11.4 Å². The van der Waals surface area contributed by atoms with Crippen molar-refractivity contribution in [1.82, 2.24) is 9.88 Å². The molecule has 1 aliphatic rings. The van der Waals surface area contributed by atoms with Crippen molar-refractivity contribution in [2.24, 2.45) is 0 Å². The van der Waals surface area contributed by atoms with E-state index in [2.05, 4.69) is 5.32 Å². The molecule has 1 aromatic heterocycles. The van der Waals surface area contributed by atoms with Crippen LogP contribution in [0.25, 0.3) is 0 Å². The number of carbonyl (C=O) groups is 1. The van der Waals surface area contributed by atoms with Crippen molar-refractivity contribution in [3.05, 3.63) is 18.0 Å². The number of aromatic nitrogens is 1. The van der Waals surface area contributed by atoms with E-state index in [4.69, 9.17) is 5.73 Å². The smallest absolute Gasteiger partial charge is 0.268 e. The minimum absolute atomic E-state index is 0.0711. The van der Waals surface area contributed by atoms with E-state index in [0.29, 0.717) is 17.4 Å². The number of sulfone groups is 1. The van der Waals surface area contributed by atoms with E-state index in [1.165, 1.54) is 0 Å². The third kappa shape index (κ3) is 3.73. The Morgan fingerprint density at radius 1 is 1.58 bits per heavy atom. The van der Waals surface area contributed by atoms with Crippen molar-refractivity contribution in [3.63, 3.8) is 0 Å². The highest BCUT2D eigenvalue weighted by molar-refractivity contribution is 7.90. The highest BCUT2D eigenvalue weighted by atomic mass is 32.2. The van der Waals surface area contributed by atoms with E-state index in [1.54, 1.807) is 19.2 Å². The first kappa shape index (κ1) is 13.9. The molecule has 1 unspecified atom stereocenters. The van der Waals surface area contributed by atoms with Gasteiger partial charge in [-0.25, -0.2) is 8.42 Å². The third-order valence-electron chi connectivity index (χ3n) is 2.97. The maximum atomic E-state index is 12.1. The van der Waals surface area contributed by atoms with Crippen molar-refractivity contribution >= 4 is 21.4 Å². The second-order valence-corrected chi connectivity index (χ2v) is 7.45. The predicted octanol–water partition coefficient (Wildman–Crippen LogP) is 0.568. The van der Waals surface area contributed by atoms with E-state index in [9.17, 15) is 13.2 Å². The summed E-state index contributed by atoms with van der Waals surface area (Å²) in [6.07, 6.45) is 5.01. The zero-order valence-corrected chi connectivity index (χ0v) is 11.9. The van der Waals surface area contributed by atoms with Crippen LogP contribution in [-0.4, -0.2) is 36.9 Å². The zero-order chi connectivity index (χ0) is 14.2. The Hall–Kier alpha value is -1.50. The minimum Gasteiger partial charge on any atom is -0.397 e. The zero-order valence-electron chi connectivity index (χ0n) is 11.1. The second-order valence-electron chi connectivity index (χ2n) is 5.26. The lowest BCUT2D eigenvalue weighted by Gasteiger charge is -2.14. The molecule has 2 rings (SSSR count). The Morgan fingerprint density at radius 3 is 2.74 bits per heavy atom. The van der Waals surface area contributed by atoms with Crippen LogP contribution in [0, 0.1) is 0 Å². The van der Waals surface area contributed by atoms with Gasteiger partial charge < -0.3 is 15.6 Å². The van der Waals surface area contributed by atoms with Crippen LogP contribution in [0.2, 0.25) is 0 Å². The molecule has 6 nitrogen and oxygen atoms in total. The molecule has 1 aliphatic carbocycles. The molecule has 3 N–H and O–H groups in total. The molecule has 1 fully saturated rings. The van der Waals surface area contributed by atoms with Gasteiger partial charge in [-0.1, -0.05) is 0 Å². The lowest BCUT2D eigenvalue weighted by atomic mass is 10.3. The summed E-state index contributed by atoms with van der Waals surface area (Å²) < 4.78 is 24.2. The SMILES string of the molecule is CC(CS(C)(=O)=O)NC(=O)c1cc(N)cn1C1CC1. The average molecular weight is 285 g/mol. The molecule has 0 aliphatic heterocycles. The van der Waals surface area contributed by atoms with Gasteiger partial charge in [0.1, 0.15) is 15.5 Å². The van der Waals surface area contributed by atoms with Gasteiger partial charge in [0.25, 0.3) is 5.91 Å². The first-order valence-electron chi connectivity index (χ1n) is 6.22. The van der Waals surface area contributed by atoms with Crippen LogP contribution >= 0.6 is 0 Å². The first-order chi connectivity index (χ1) is 8.76. The molecular weight excluding hydrogens is 266 g/mol. The predicted molar refractivity (Wildman–Crippen MR) is 73.8 cm³/mol. The van der Waals surface area contributed by atoms with Gasteiger partial charge in [0, 0.05) is 24.5 Å². The summed E-state index contributed by atoms with van der Waals surface area (Å²) in [6.45, 7) is 1.67. The molecule has 1 aromatic rings. The quantitative estimate of drug-likeness (QED) is 0.827. The third-order valence-corrected chi connectivity index (χ3v) is 4.08. The van der Waals surface area contributed by atoms with Gasteiger partial charge in [0.2, 0.25) is 0 Å². The number of nitrogens with zero attached hydrogens (tertiary/aromatic N) is 1. The molecule has 0 aromatic carbocycles. The maximum absolute atomic E-state index is 12.1. The summed E-state index contributed by atoms with van der Waals surface area (Å²) in [6, 6.07) is 1.55. The Labute approximate surface area is 112 Å². The maximum Gasteiger partial charge on any atom is 0.268 e. The monoisotopic (exact) mass is 285 g/mol. The fraction of sp³-hybridized carbons (Fsp3) is 0.583. The van der Waals surface area contributed by atoms with Gasteiger partial charge in [-0.2, -0.15) is 0 Å². The number of nitrogens with two attached hydrogens (primary N) is 1. The van der Waals surface area contributed by atoms with Crippen molar-refractivity contribution in [2.45, 2.75) is 31.8 Å². The molecule has 106 valence electrons. The van der Waals surface area contributed by atoms with Crippen molar-refractivity contribution < 1.29 is 13.2 Å². The molecule has 0 spiro atoms.